The van der Waals surface area contributed by atoms with Crippen LogP contribution in [0.4, 0.5) is 0 Å². The summed E-state index contributed by atoms with van der Waals surface area (Å²) in [6.45, 7) is 5.73. The summed E-state index contributed by atoms with van der Waals surface area (Å²) in [5, 5.41) is 2.16. The molecule has 0 saturated carbocycles. The van der Waals surface area contributed by atoms with Crippen molar-refractivity contribution < 1.29 is 9.15 Å². The molecule has 0 amide bonds. The van der Waals surface area contributed by atoms with E-state index in [2.05, 4.69) is 17.0 Å². The number of nitrogens with zero attached hydrogens (tertiary/aromatic N) is 2. The number of aryl methyl sites for hydroxylation is 1. The van der Waals surface area contributed by atoms with Crippen LogP contribution in [0.3, 0.4) is 0 Å². The Labute approximate surface area is 184 Å². The predicted molar refractivity (Wildman–Crippen MR) is 122 cm³/mol. The van der Waals surface area contributed by atoms with Gasteiger partial charge in [0.25, 0.3) is 0 Å². The van der Waals surface area contributed by atoms with Crippen molar-refractivity contribution in [3.05, 3.63) is 47.9 Å². The summed E-state index contributed by atoms with van der Waals surface area (Å²) < 4.78 is 11.6. The third-order valence-electron chi connectivity index (χ3n) is 5.54. The average molecular weight is 438 g/mol. The second-order valence-corrected chi connectivity index (χ2v) is 7.36. The zero-order valence-electron chi connectivity index (χ0n) is 16.9. The van der Waals surface area contributed by atoms with Gasteiger partial charge >= 0.3 is 0 Å². The molecule has 3 aromatic rings. The molecule has 1 unspecified atom stereocenters. The van der Waals surface area contributed by atoms with E-state index in [9.17, 15) is 0 Å². The van der Waals surface area contributed by atoms with Crippen molar-refractivity contribution in [1.29, 1.82) is 0 Å². The number of hydrogen-bond acceptors (Lipinski definition) is 5. The minimum Gasteiger partial charge on any atom is -0.496 e. The van der Waals surface area contributed by atoms with Gasteiger partial charge in [-0.2, -0.15) is 0 Å². The third-order valence-corrected chi connectivity index (χ3v) is 5.54. The van der Waals surface area contributed by atoms with Gasteiger partial charge in [0.15, 0.2) is 0 Å². The maximum Gasteiger partial charge on any atom is 0.227 e. The molecule has 1 fully saturated rings. The number of rotatable bonds is 5. The molecule has 5 nitrogen and oxygen atoms in total. The van der Waals surface area contributed by atoms with Crippen molar-refractivity contribution in [3.8, 4) is 17.2 Å². The van der Waals surface area contributed by atoms with Crippen molar-refractivity contribution in [1.82, 2.24) is 9.88 Å². The van der Waals surface area contributed by atoms with Gasteiger partial charge in [-0.25, -0.2) is 4.98 Å². The smallest absolute Gasteiger partial charge is 0.227 e. The number of ether oxygens (including phenoxy) is 1. The first-order valence-corrected chi connectivity index (χ1v) is 9.64. The zero-order chi connectivity index (χ0) is 18.8. The normalized spacial score (nSPS) is 16.9. The highest BCUT2D eigenvalue weighted by molar-refractivity contribution is 5.98. The number of oxazole rings is 1. The number of piperidine rings is 1. The first-order chi connectivity index (χ1) is 13.2. The Hall–Kier alpha value is -1.79. The number of nitrogens with two attached hydrogens (primary N) is 1. The zero-order valence-corrected chi connectivity index (χ0v) is 18.5. The van der Waals surface area contributed by atoms with E-state index in [1.807, 2.05) is 31.2 Å². The highest BCUT2D eigenvalue weighted by Crippen LogP contribution is 2.35. The SMILES string of the molecule is COc1ccc(-c2nc(CN3CCCC(CN)C3)c(C)o2)c2ccccc12.Cl.Cl. The second kappa shape index (κ2) is 10.3. The molecule has 2 N–H and O–H groups in total. The van der Waals surface area contributed by atoms with E-state index in [0.717, 1.165) is 59.7 Å². The van der Waals surface area contributed by atoms with Crippen LogP contribution in [-0.2, 0) is 6.54 Å². The fourth-order valence-corrected chi connectivity index (χ4v) is 4.02. The number of benzene rings is 2. The van der Waals surface area contributed by atoms with E-state index in [1.165, 1.54) is 12.8 Å². The second-order valence-electron chi connectivity index (χ2n) is 7.36. The molecule has 2 aromatic carbocycles. The summed E-state index contributed by atoms with van der Waals surface area (Å²) in [5.74, 6) is 3.02. The van der Waals surface area contributed by atoms with Crippen molar-refractivity contribution in [2.75, 3.05) is 26.7 Å². The summed E-state index contributed by atoms with van der Waals surface area (Å²) >= 11 is 0. The van der Waals surface area contributed by atoms with E-state index in [4.69, 9.17) is 19.9 Å². The van der Waals surface area contributed by atoms with Gasteiger partial charge in [0.1, 0.15) is 11.5 Å². The Morgan fingerprint density at radius 1 is 1.17 bits per heavy atom. The van der Waals surface area contributed by atoms with Gasteiger partial charge in [-0.3, -0.25) is 4.90 Å². The van der Waals surface area contributed by atoms with Gasteiger partial charge in [-0.05, 0) is 56.3 Å². The molecule has 1 aliphatic heterocycles. The van der Waals surface area contributed by atoms with Crippen LogP contribution in [0, 0.1) is 12.8 Å². The standard InChI is InChI=1S/C22H27N3O2.2ClH/c1-15-20(14-25-11-5-6-16(12-23)13-25)24-22(27-15)19-9-10-21(26-2)18-8-4-3-7-17(18)19;;/h3-4,7-10,16H,5-6,11-14,23H2,1-2H3;2*1H. The molecule has 29 heavy (non-hydrogen) atoms. The van der Waals surface area contributed by atoms with E-state index in [0.29, 0.717) is 11.8 Å². The molecule has 2 heterocycles. The lowest BCUT2D eigenvalue weighted by Crippen LogP contribution is -2.38. The van der Waals surface area contributed by atoms with E-state index < -0.39 is 0 Å². The van der Waals surface area contributed by atoms with Crippen molar-refractivity contribution >= 4 is 35.6 Å². The monoisotopic (exact) mass is 437 g/mol. The average Bonchev–Trinajstić information content (AvgIpc) is 3.07. The molecular weight excluding hydrogens is 409 g/mol. The Balaban J connectivity index is 0.00000150. The minimum atomic E-state index is 0. The molecule has 4 rings (SSSR count). The van der Waals surface area contributed by atoms with Gasteiger partial charge in [-0.15, -0.1) is 24.8 Å². The molecule has 158 valence electrons. The lowest BCUT2D eigenvalue weighted by atomic mass is 9.98. The molecule has 1 atom stereocenters. The number of aromatic nitrogens is 1. The molecule has 7 heteroatoms. The lowest BCUT2D eigenvalue weighted by molar-refractivity contribution is 0.169. The predicted octanol–water partition coefficient (Wildman–Crippen LogP) is 4.83. The molecule has 0 spiro atoms. The van der Waals surface area contributed by atoms with Crippen molar-refractivity contribution in [2.24, 2.45) is 11.7 Å². The number of methoxy groups -OCH3 is 1. The topological polar surface area (TPSA) is 64.5 Å². The number of likely N-dealkylation sites (tertiary alicyclic amines) is 1. The Bertz CT molecular complexity index is 945. The van der Waals surface area contributed by atoms with Crippen LogP contribution in [0.5, 0.6) is 5.75 Å². The van der Waals surface area contributed by atoms with E-state index in [1.54, 1.807) is 7.11 Å². The minimum absolute atomic E-state index is 0. The first-order valence-electron chi connectivity index (χ1n) is 9.64. The molecule has 0 aliphatic carbocycles. The maximum absolute atomic E-state index is 6.07. The molecule has 0 radical (unpaired) electrons. The van der Waals surface area contributed by atoms with Gasteiger partial charge in [-0.1, -0.05) is 24.3 Å². The molecule has 0 bridgehead atoms. The number of hydrogen-bond donors (Lipinski definition) is 1. The Morgan fingerprint density at radius 2 is 1.93 bits per heavy atom. The number of halogens is 2. The van der Waals surface area contributed by atoms with Crippen LogP contribution in [0.15, 0.2) is 40.8 Å². The summed E-state index contributed by atoms with van der Waals surface area (Å²) in [7, 11) is 1.70. The summed E-state index contributed by atoms with van der Waals surface area (Å²) in [4.78, 5) is 7.30. The molecular formula is C22H29Cl2N3O2. The van der Waals surface area contributed by atoms with Crippen molar-refractivity contribution in [2.45, 2.75) is 26.3 Å². The quantitative estimate of drug-likeness (QED) is 0.619. The van der Waals surface area contributed by atoms with Crippen molar-refractivity contribution in [3.63, 3.8) is 0 Å². The summed E-state index contributed by atoms with van der Waals surface area (Å²) in [5.41, 5.74) is 7.89. The van der Waals surface area contributed by atoms with Crippen LogP contribution >= 0.6 is 24.8 Å². The van der Waals surface area contributed by atoms with Crippen LogP contribution in [0.25, 0.3) is 22.2 Å². The lowest BCUT2D eigenvalue weighted by Gasteiger charge is -2.31. The van der Waals surface area contributed by atoms with Crippen LogP contribution in [-0.4, -0.2) is 36.6 Å². The van der Waals surface area contributed by atoms with Crippen LogP contribution in [0.1, 0.15) is 24.3 Å². The van der Waals surface area contributed by atoms with Crippen LogP contribution in [0.2, 0.25) is 0 Å². The maximum atomic E-state index is 6.07. The van der Waals surface area contributed by atoms with Gasteiger partial charge in [0.05, 0.1) is 12.8 Å². The molecule has 1 saturated heterocycles. The van der Waals surface area contributed by atoms with E-state index >= 15 is 0 Å². The van der Waals surface area contributed by atoms with Gasteiger partial charge in [0, 0.05) is 24.0 Å². The fourth-order valence-electron chi connectivity index (χ4n) is 4.02. The van der Waals surface area contributed by atoms with Gasteiger partial charge in [0.2, 0.25) is 5.89 Å². The molecule has 1 aromatic heterocycles. The highest BCUT2D eigenvalue weighted by Gasteiger charge is 2.22. The molecule has 1 aliphatic rings. The highest BCUT2D eigenvalue weighted by atomic mass is 35.5. The Kier molecular flexibility index (Phi) is 8.34. The third kappa shape index (κ3) is 4.86. The van der Waals surface area contributed by atoms with E-state index in [-0.39, 0.29) is 24.8 Å². The fraction of sp³-hybridized carbons (Fsp3) is 0.409. The largest absolute Gasteiger partial charge is 0.496 e. The summed E-state index contributed by atoms with van der Waals surface area (Å²) in [6, 6.07) is 12.2. The Morgan fingerprint density at radius 3 is 2.66 bits per heavy atom. The summed E-state index contributed by atoms with van der Waals surface area (Å²) in [6.07, 6.45) is 2.43. The first kappa shape index (κ1) is 23.5. The van der Waals surface area contributed by atoms with Gasteiger partial charge < -0.3 is 14.9 Å². The van der Waals surface area contributed by atoms with Crippen LogP contribution < -0.4 is 10.5 Å². The number of fused-ring (bicyclic) bond motifs is 1.